The Morgan fingerprint density at radius 1 is 1.17 bits per heavy atom. The molecule has 94 valence electrons. The monoisotopic (exact) mass is 242 g/mol. The summed E-state index contributed by atoms with van der Waals surface area (Å²) in [6.07, 6.45) is 4.41. The molecule has 0 atom stereocenters. The van der Waals surface area contributed by atoms with Gasteiger partial charge in [-0.05, 0) is 48.2 Å². The Morgan fingerprint density at radius 2 is 1.94 bits per heavy atom. The molecule has 2 rings (SSSR count). The summed E-state index contributed by atoms with van der Waals surface area (Å²) < 4.78 is 0. The molecule has 0 amide bonds. The highest BCUT2D eigenvalue weighted by atomic mass is 16.2. The van der Waals surface area contributed by atoms with Crippen LogP contribution < -0.4 is 5.32 Å². The fraction of sp³-hybridized carbons (Fsp3) is 0.267. The van der Waals surface area contributed by atoms with Crippen molar-refractivity contribution in [1.29, 1.82) is 0 Å². The summed E-state index contributed by atoms with van der Waals surface area (Å²) in [5.74, 6) is 0. The van der Waals surface area contributed by atoms with Gasteiger partial charge in [-0.25, -0.2) is 0 Å². The fourth-order valence-corrected chi connectivity index (χ4v) is 1.80. The number of hydrogen-bond donors (Lipinski definition) is 2. The maximum atomic E-state index is 8.85. The molecule has 2 N–H and O–H groups in total. The van der Waals surface area contributed by atoms with Crippen LogP contribution in [-0.4, -0.2) is 16.7 Å². The highest BCUT2D eigenvalue weighted by molar-refractivity contribution is 5.45. The summed E-state index contributed by atoms with van der Waals surface area (Å²) in [6, 6.07) is 10.2. The number of rotatable bonds is 5. The lowest BCUT2D eigenvalue weighted by atomic mass is 10.1. The molecule has 0 aliphatic carbocycles. The van der Waals surface area contributed by atoms with Gasteiger partial charge >= 0.3 is 0 Å². The van der Waals surface area contributed by atoms with Gasteiger partial charge in [0, 0.05) is 31.2 Å². The average Bonchev–Trinajstić information content (AvgIpc) is 2.40. The third kappa shape index (κ3) is 3.31. The molecule has 3 heteroatoms. The van der Waals surface area contributed by atoms with Crippen molar-refractivity contribution >= 4 is 5.69 Å². The van der Waals surface area contributed by atoms with Crippen LogP contribution in [0.2, 0.25) is 0 Å². The zero-order valence-corrected chi connectivity index (χ0v) is 10.6. The van der Waals surface area contributed by atoms with E-state index in [1.165, 1.54) is 11.1 Å². The lowest BCUT2D eigenvalue weighted by Crippen LogP contribution is -2.02. The fourth-order valence-electron chi connectivity index (χ4n) is 1.80. The predicted molar refractivity (Wildman–Crippen MR) is 73.5 cm³/mol. The molecular weight excluding hydrogens is 224 g/mol. The van der Waals surface area contributed by atoms with Gasteiger partial charge in [-0.1, -0.05) is 12.1 Å². The van der Waals surface area contributed by atoms with Gasteiger partial charge in [-0.3, -0.25) is 4.98 Å². The minimum atomic E-state index is 0.196. The van der Waals surface area contributed by atoms with E-state index in [4.69, 9.17) is 5.11 Å². The number of aliphatic hydroxyl groups excluding tert-OH is 1. The molecule has 0 aliphatic heterocycles. The second-order valence-corrected chi connectivity index (χ2v) is 4.33. The number of aryl methyl sites for hydroxylation is 1. The van der Waals surface area contributed by atoms with Crippen molar-refractivity contribution < 1.29 is 5.11 Å². The van der Waals surface area contributed by atoms with E-state index < -0.39 is 0 Å². The molecule has 18 heavy (non-hydrogen) atoms. The molecule has 0 radical (unpaired) electrons. The molecule has 3 nitrogen and oxygen atoms in total. The van der Waals surface area contributed by atoms with E-state index in [1.807, 2.05) is 42.7 Å². The molecule has 1 aromatic heterocycles. The standard InChI is InChI=1S/C15H18N2O/c1-12-6-8-16-10-14(12)11-17-15-4-2-13(3-5-15)7-9-18/h2-6,8,10,17-18H,7,9,11H2,1H3. The summed E-state index contributed by atoms with van der Waals surface area (Å²) in [5, 5.41) is 12.2. The maximum Gasteiger partial charge on any atom is 0.0471 e. The third-order valence-electron chi connectivity index (χ3n) is 2.98. The van der Waals surface area contributed by atoms with Crippen molar-refractivity contribution in [1.82, 2.24) is 4.98 Å². The maximum absolute atomic E-state index is 8.85. The van der Waals surface area contributed by atoms with E-state index in [0.29, 0.717) is 6.42 Å². The number of benzene rings is 1. The van der Waals surface area contributed by atoms with Gasteiger partial charge in [0.25, 0.3) is 0 Å². The summed E-state index contributed by atoms with van der Waals surface area (Å²) in [7, 11) is 0. The van der Waals surface area contributed by atoms with Gasteiger partial charge in [0.2, 0.25) is 0 Å². The van der Waals surface area contributed by atoms with E-state index in [0.717, 1.165) is 17.8 Å². The average molecular weight is 242 g/mol. The largest absolute Gasteiger partial charge is 0.396 e. The van der Waals surface area contributed by atoms with E-state index in [9.17, 15) is 0 Å². The molecule has 2 aromatic rings. The molecule has 0 bridgehead atoms. The second-order valence-electron chi connectivity index (χ2n) is 4.33. The molecule has 0 saturated carbocycles. The van der Waals surface area contributed by atoms with Crippen molar-refractivity contribution in [3.05, 3.63) is 59.4 Å². The number of nitrogens with one attached hydrogen (secondary N) is 1. The highest BCUT2D eigenvalue weighted by Gasteiger charge is 1.98. The lowest BCUT2D eigenvalue weighted by molar-refractivity contribution is 0.299. The van der Waals surface area contributed by atoms with Crippen molar-refractivity contribution in [3.8, 4) is 0 Å². The topological polar surface area (TPSA) is 45.2 Å². The van der Waals surface area contributed by atoms with E-state index >= 15 is 0 Å². The van der Waals surface area contributed by atoms with Crippen LogP contribution in [0, 0.1) is 6.92 Å². The van der Waals surface area contributed by atoms with Gasteiger partial charge in [0.05, 0.1) is 0 Å². The van der Waals surface area contributed by atoms with E-state index in [-0.39, 0.29) is 6.61 Å². The minimum Gasteiger partial charge on any atom is -0.396 e. The second kappa shape index (κ2) is 6.17. The molecule has 0 aliphatic rings. The third-order valence-corrected chi connectivity index (χ3v) is 2.98. The smallest absolute Gasteiger partial charge is 0.0471 e. The Hall–Kier alpha value is -1.87. The molecule has 0 fully saturated rings. The van der Waals surface area contributed by atoms with Gasteiger partial charge in [-0.2, -0.15) is 0 Å². The number of anilines is 1. The Morgan fingerprint density at radius 3 is 2.61 bits per heavy atom. The van der Waals surface area contributed by atoms with E-state index in [2.05, 4.69) is 17.2 Å². The van der Waals surface area contributed by atoms with Crippen LogP contribution in [0.4, 0.5) is 5.69 Å². The number of aromatic nitrogens is 1. The van der Waals surface area contributed by atoms with Gasteiger partial charge < -0.3 is 10.4 Å². The zero-order valence-electron chi connectivity index (χ0n) is 10.6. The van der Waals surface area contributed by atoms with Crippen LogP contribution in [0.15, 0.2) is 42.7 Å². The Bertz CT molecular complexity index is 494. The van der Waals surface area contributed by atoms with Crippen LogP contribution in [0.1, 0.15) is 16.7 Å². The van der Waals surface area contributed by atoms with Crippen LogP contribution in [0.3, 0.4) is 0 Å². The highest BCUT2D eigenvalue weighted by Crippen LogP contribution is 2.12. The van der Waals surface area contributed by atoms with Crippen LogP contribution in [-0.2, 0) is 13.0 Å². The number of nitrogens with zero attached hydrogens (tertiary/aromatic N) is 1. The lowest BCUT2D eigenvalue weighted by Gasteiger charge is -2.09. The summed E-state index contributed by atoms with van der Waals surface area (Å²) in [5.41, 5.74) is 4.69. The Balaban J connectivity index is 1.96. The number of hydrogen-bond acceptors (Lipinski definition) is 3. The molecular formula is C15H18N2O. The van der Waals surface area contributed by atoms with Gasteiger partial charge in [0.15, 0.2) is 0 Å². The van der Waals surface area contributed by atoms with Gasteiger partial charge in [0.1, 0.15) is 0 Å². The zero-order chi connectivity index (χ0) is 12.8. The van der Waals surface area contributed by atoms with E-state index in [1.54, 1.807) is 0 Å². The first-order valence-electron chi connectivity index (χ1n) is 6.13. The first-order valence-corrected chi connectivity index (χ1v) is 6.13. The van der Waals surface area contributed by atoms with Crippen LogP contribution in [0.25, 0.3) is 0 Å². The molecule has 0 saturated heterocycles. The summed E-state index contributed by atoms with van der Waals surface area (Å²) in [6.45, 7) is 3.06. The normalized spacial score (nSPS) is 10.3. The molecule has 0 spiro atoms. The Kier molecular flexibility index (Phi) is 4.31. The molecule has 1 heterocycles. The van der Waals surface area contributed by atoms with Crippen LogP contribution >= 0.6 is 0 Å². The van der Waals surface area contributed by atoms with Crippen molar-refractivity contribution in [2.45, 2.75) is 19.9 Å². The molecule has 1 aromatic carbocycles. The predicted octanol–water partition coefficient (Wildman–Crippen LogP) is 2.54. The Labute approximate surface area is 108 Å². The molecule has 0 unspecified atom stereocenters. The van der Waals surface area contributed by atoms with Crippen molar-refractivity contribution in [2.24, 2.45) is 0 Å². The van der Waals surface area contributed by atoms with Crippen molar-refractivity contribution in [2.75, 3.05) is 11.9 Å². The van der Waals surface area contributed by atoms with Crippen LogP contribution in [0.5, 0.6) is 0 Å². The minimum absolute atomic E-state index is 0.196. The number of pyridine rings is 1. The van der Waals surface area contributed by atoms with Gasteiger partial charge in [-0.15, -0.1) is 0 Å². The van der Waals surface area contributed by atoms with Crippen molar-refractivity contribution in [3.63, 3.8) is 0 Å². The first kappa shape index (κ1) is 12.6. The quantitative estimate of drug-likeness (QED) is 0.847. The SMILES string of the molecule is Cc1ccncc1CNc1ccc(CCO)cc1. The first-order chi connectivity index (χ1) is 8.79. The number of aliphatic hydroxyl groups is 1. The summed E-state index contributed by atoms with van der Waals surface area (Å²) >= 11 is 0. The summed E-state index contributed by atoms with van der Waals surface area (Å²) in [4.78, 5) is 4.13.